The Hall–Kier alpha value is -1.29. The summed E-state index contributed by atoms with van der Waals surface area (Å²) in [4.78, 5) is 7.20. The number of fused-ring (bicyclic) bond motifs is 3. The maximum absolute atomic E-state index is 6.11. The van der Waals surface area contributed by atoms with Crippen LogP contribution in [0.4, 0.5) is 5.82 Å². The Bertz CT molecular complexity index is 722. The van der Waals surface area contributed by atoms with Gasteiger partial charge >= 0.3 is 0 Å². The molecule has 2 aromatic rings. The number of benzene rings is 1. The van der Waals surface area contributed by atoms with Crippen molar-refractivity contribution in [2.24, 2.45) is 5.92 Å². The van der Waals surface area contributed by atoms with E-state index in [9.17, 15) is 0 Å². The minimum Gasteiger partial charge on any atom is -0.365 e. The maximum atomic E-state index is 6.11. The fourth-order valence-electron chi connectivity index (χ4n) is 4.04. The van der Waals surface area contributed by atoms with E-state index in [1.165, 1.54) is 25.9 Å². The number of aromatic nitrogens is 1. The highest BCUT2D eigenvalue weighted by atomic mass is 35.5. The monoisotopic (exact) mass is 361 g/mol. The summed E-state index contributed by atoms with van der Waals surface area (Å²) < 4.78 is 0. The Morgan fingerprint density at radius 2 is 1.79 bits per heavy atom. The van der Waals surface area contributed by atoms with Gasteiger partial charge in [0.05, 0.1) is 10.0 Å². The fraction of sp³-hybridized carbons (Fsp3) is 0.421. The van der Waals surface area contributed by atoms with Crippen LogP contribution in [-0.4, -0.2) is 35.1 Å². The Labute approximate surface area is 153 Å². The van der Waals surface area contributed by atoms with Gasteiger partial charge in [0.15, 0.2) is 0 Å². The summed E-state index contributed by atoms with van der Waals surface area (Å²) in [6, 6.07) is 10.9. The number of rotatable bonds is 3. The zero-order valence-electron chi connectivity index (χ0n) is 13.7. The molecule has 24 heavy (non-hydrogen) atoms. The number of nitrogens with zero attached hydrogens (tertiary/aromatic N) is 2. The van der Waals surface area contributed by atoms with Crippen molar-refractivity contribution in [1.82, 2.24) is 9.88 Å². The third-order valence-corrected chi connectivity index (χ3v) is 6.25. The zero-order valence-corrected chi connectivity index (χ0v) is 15.2. The van der Waals surface area contributed by atoms with Gasteiger partial charge in [0.25, 0.3) is 0 Å². The highest BCUT2D eigenvalue weighted by Gasteiger charge is 2.39. The van der Waals surface area contributed by atoms with E-state index in [0.29, 0.717) is 22.1 Å². The van der Waals surface area contributed by atoms with Crippen LogP contribution in [0, 0.1) is 5.92 Å². The lowest BCUT2D eigenvalue weighted by atomic mass is 9.79. The van der Waals surface area contributed by atoms with Crippen LogP contribution in [0.5, 0.6) is 0 Å². The molecule has 5 heteroatoms. The van der Waals surface area contributed by atoms with Gasteiger partial charge in [0.2, 0.25) is 0 Å². The predicted molar refractivity (Wildman–Crippen MR) is 101 cm³/mol. The molecular formula is C19H21Cl2N3. The van der Waals surface area contributed by atoms with E-state index >= 15 is 0 Å². The van der Waals surface area contributed by atoms with Crippen molar-refractivity contribution in [2.45, 2.75) is 31.8 Å². The lowest BCUT2D eigenvalue weighted by Crippen LogP contribution is -2.59. The number of piperidine rings is 3. The maximum Gasteiger partial charge on any atom is 0.126 e. The molecule has 0 amide bonds. The molecule has 0 spiro atoms. The van der Waals surface area contributed by atoms with Crippen LogP contribution >= 0.6 is 23.2 Å². The standard InChI is InChI=1S/C19H21Cl2N3/c1-12-19(13-6-8-24(12)9-7-13)23-18-5-3-15(11-22-18)14-2-4-16(20)17(21)10-14/h2-5,10-13,19H,6-9H2,1H3,(H,22,23). The van der Waals surface area contributed by atoms with E-state index in [1.807, 2.05) is 24.4 Å². The fourth-order valence-corrected chi connectivity index (χ4v) is 4.34. The summed E-state index contributed by atoms with van der Waals surface area (Å²) in [5, 5.41) is 4.80. The molecule has 0 radical (unpaired) electrons. The van der Waals surface area contributed by atoms with Crippen LogP contribution in [0.3, 0.4) is 0 Å². The van der Waals surface area contributed by atoms with Crippen LogP contribution in [-0.2, 0) is 0 Å². The molecular weight excluding hydrogens is 341 g/mol. The summed E-state index contributed by atoms with van der Waals surface area (Å²) in [5.74, 6) is 1.71. The van der Waals surface area contributed by atoms with Crippen LogP contribution < -0.4 is 5.32 Å². The van der Waals surface area contributed by atoms with E-state index < -0.39 is 0 Å². The molecule has 2 unspecified atom stereocenters. The van der Waals surface area contributed by atoms with Crippen molar-refractivity contribution in [3.8, 4) is 11.1 Å². The van der Waals surface area contributed by atoms with E-state index in [4.69, 9.17) is 23.2 Å². The van der Waals surface area contributed by atoms with Crippen LogP contribution in [0.2, 0.25) is 10.0 Å². The molecule has 4 heterocycles. The predicted octanol–water partition coefficient (Wildman–Crippen LogP) is 4.95. The van der Waals surface area contributed by atoms with E-state index in [1.54, 1.807) is 0 Å². The lowest BCUT2D eigenvalue weighted by Gasteiger charge is -2.50. The first-order valence-corrected chi connectivity index (χ1v) is 9.29. The average Bonchev–Trinajstić information content (AvgIpc) is 2.61. The van der Waals surface area contributed by atoms with Gasteiger partial charge in [-0.3, -0.25) is 4.90 Å². The lowest BCUT2D eigenvalue weighted by molar-refractivity contribution is 0.0457. The Morgan fingerprint density at radius 3 is 2.42 bits per heavy atom. The van der Waals surface area contributed by atoms with Gasteiger partial charge in [-0.05, 0) is 68.6 Å². The Balaban J connectivity index is 1.50. The van der Waals surface area contributed by atoms with Crippen molar-refractivity contribution in [3.05, 3.63) is 46.6 Å². The molecule has 1 N–H and O–H groups in total. The second-order valence-electron chi connectivity index (χ2n) is 6.85. The first kappa shape index (κ1) is 16.2. The third-order valence-electron chi connectivity index (χ3n) is 5.51. The first-order chi connectivity index (χ1) is 11.6. The normalized spacial score (nSPS) is 28.8. The minimum atomic E-state index is 0.496. The number of nitrogens with one attached hydrogen (secondary N) is 1. The average molecular weight is 362 g/mol. The van der Waals surface area contributed by atoms with Crippen molar-refractivity contribution in [2.75, 3.05) is 18.4 Å². The number of halogens is 2. The SMILES string of the molecule is CC1C(Nc2ccc(-c3ccc(Cl)c(Cl)c3)cn2)C2CCN1CC2. The molecule has 2 bridgehead atoms. The minimum absolute atomic E-state index is 0.496. The van der Waals surface area contributed by atoms with Crippen LogP contribution in [0.25, 0.3) is 11.1 Å². The van der Waals surface area contributed by atoms with Gasteiger partial charge in [-0.15, -0.1) is 0 Å². The smallest absolute Gasteiger partial charge is 0.126 e. The van der Waals surface area contributed by atoms with Gasteiger partial charge < -0.3 is 5.32 Å². The summed E-state index contributed by atoms with van der Waals surface area (Å²) in [6.07, 6.45) is 4.49. The van der Waals surface area contributed by atoms with Crippen molar-refractivity contribution in [1.29, 1.82) is 0 Å². The Kier molecular flexibility index (Phi) is 4.42. The Morgan fingerprint density at radius 1 is 1.04 bits per heavy atom. The molecule has 126 valence electrons. The largest absolute Gasteiger partial charge is 0.365 e. The van der Waals surface area contributed by atoms with Gasteiger partial charge in [-0.2, -0.15) is 0 Å². The van der Waals surface area contributed by atoms with Crippen LogP contribution in [0.1, 0.15) is 19.8 Å². The summed E-state index contributed by atoms with van der Waals surface area (Å²) >= 11 is 12.1. The van der Waals surface area contributed by atoms with E-state index in [0.717, 1.165) is 22.9 Å². The second-order valence-corrected chi connectivity index (χ2v) is 7.66. The summed E-state index contributed by atoms with van der Waals surface area (Å²) in [5.41, 5.74) is 2.07. The molecule has 5 rings (SSSR count). The topological polar surface area (TPSA) is 28.2 Å². The molecule has 3 fully saturated rings. The second kappa shape index (κ2) is 6.55. The highest BCUT2D eigenvalue weighted by Crippen LogP contribution is 2.34. The first-order valence-electron chi connectivity index (χ1n) is 8.54. The van der Waals surface area contributed by atoms with Crippen molar-refractivity contribution < 1.29 is 0 Å². The molecule has 3 aliphatic rings. The molecule has 3 aliphatic heterocycles. The number of hydrogen-bond acceptors (Lipinski definition) is 3. The molecule has 3 nitrogen and oxygen atoms in total. The molecule has 2 atom stereocenters. The number of pyridine rings is 1. The van der Waals surface area contributed by atoms with Gasteiger partial charge in [0, 0.05) is 23.8 Å². The quantitative estimate of drug-likeness (QED) is 0.837. The summed E-state index contributed by atoms with van der Waals surface area (Å²) in [6.45, 7) is 4.81. The number of hydrogen-bond donors (Lipinski definition) is 1. The van der Waals surface area contributed by atoms with Gasteiger partial charge in [-0.1, -0.05) is 29.3 Å². The van der Waals surface area contributed by atoms with E-state index in [2.05, 4.69) is 34.3 Å². The van der Waals surface area contributed by atoms with Crippen molar-refractivity contribution >= 4 is 29.0 Å². The zero-order chi connectivity index (χ0) is 16.7. The summed E-state index contributed by atoms with van der Waals surface area (Å²) in [7, 11) is 0. The molecule has 3 saturated heterocycles. The van der Waals surface area contributed by atoms with Crippen molar-refractivity contribution in [3.63, 3.8) is 0 Å². The number of anilines is 1. The molecule has 1 aromatic carbocycles. The van der Waals surface area contributed by atoms with E-state index in [-0.39, 0.29) is 0 Å². The molecule has 1 aromatic heterocycles. The molecule has 0 aliphatic carbocycles. The van der Waals surface area contributed by atoms with Gasteiger partial charge in [0.1, 0.15) is 5.82 Å². The van der Waals surface area contributed by atoms with Gasteiger partial charge in [-0.25, -0.2) is 4.98 Å². The third kappa shape index (κ3) is 3.01. The molecule has 0 saturated carbocycles. The van der Waals surface area contributed by atoms with Crippen LogP contribution in [0.15, 0.2) is 36.5 Å². The highest BCUT2D eigenvalue weighted by molar-refractivity contribution is 6.42.